The van der Waals surface area contributed by atoms with Crippen LogP contribution < -0.4 is 5.32 Å². The minimum atomic E-state index is -0.485. The molecule has 2 N–H and O–H groups in total. The number of nitrogens with zero attached hydrogens (tertiary/aromatic N) is 2. The van der Waals surface area contributed by atoms with Crippen molar-refractivity contribution >= 4 is 6.09 Å². The van der Waals surface area contributed by atoms with Gasteiger partial charge in [-0.2, -0.15) is 0 Å². The Morgan fingerprint density at radius 1 is 1.27 bits per heavy atom. The van der Waals surface area contributed by atoms with E-state index in [2.05, 4.69) is 39.1 Å². The molecule has 6 heteroatoms. The SMILES string of the molecule is CC(C)(C)OC(=O)N[C@H]1CC[C@]2(CC1)C[C@@H]([C@@H]1c3ccccc3-c3cncn31)[C@H]2O. The first-order valence-electron chi connectivity index (χ1n) is 11.1. The van der Waals surface area contributed by atoms with E-state index < -0.39 is 5.60 Å². The highest BCUT2D eigenvalue weighted by Gasteiger charge is 2.57. The number of ether oxygens (including phenoxy) is 1. The van der Waals surface area contributed by atoms with Crippen LogP contribution in [0.25, 0.3) is 11.3 Å². The lowest BCUT2D eigenvalue weighted by molar-refractivity contribution is -0.152. The van der Waals surface area contributed by atoms with E-state index in [1.807, 2.05) is 33.3 Å². The van der Waals surface area contributed by atoms with Gasteiger partial charge in [0.05, 0.1) is 30.4 Å². The average molecular weight is 410 g/mol. The second-order valence-corrected chi connectivity index (χ2v) is 10.3. The van der Waals surface area contributed by atoms with Gasteiger partial charge in [0.1, 0.15) is 5.60 Å². The summed E-state index contributed by atoms with van der Waals surface area (Å²) in [5.41, 5.74) is 3.18. The number of amides is 1. The Kier molecular flexibility index (Phi) is 4.47. The standard InChI is InChI=1S/C24H31N3O3/c1-23(2,3)30-22(29)26-15-8-10-24(11-9-15)12-18(21(24)28)20-17-7-5-4-6-16(17)19-13-25-14-27(19)20/h4-7,13-15,18,20-21,28H,8-12H2,1-3H3,(H,26,29)/t15-,18-,20-,21+,24-/m0/s1. The number of aliphatic hydroxyl groups is 1. The van der Waals surface area contributed by atoms with Crippen LogP contribution >= 0.6 is 0 Å². The number of rotatable bonds is 2. The van der Waals surface area contributed by atoms with Gasteiger partial charge in [-0.1, -0.05) is 24.3 Å². The molecule has 2 fully saturated rings. The summed E-state index contributed by atoms with van der Waals surface area (Å²) in [4.78, 5) is 16.4. The number of carbonyl (C=O) groups is 1. The van der Waals surface area contributed by atoms with Crippen LogP contribution in [0.5, 0.6) is 0 Å². The minimum absolute atomic E-state index is 0.0188. The van der Waals surface area contributed by atoms with Crippen LogP contribution in [-0.4, -0.2) is 38.5 Å². The van der Waals surface area contributed by atoms with E-state index >= 15 is 0 Å². The van der Waals surface area contributed by atoms with E-state index in [1.54, 1.807) is 0 Å². The van der Waals surface area contributed by atoms with E-state index in [9.17, 15) is 9.90 Å². The van der Waals surface area contributed by atoms with Gasteiger partial charge >= 0.3 is 6.09 Å². The molecule has 2 aliphatic carbocycles. The summed E-state index contributed by atoms with van der Waals surface area (Å²) in [6.45, 7) is 5.63. The molecule has 160 valence electrons. The van der Waals surface area contributed by atoms with Crippen molar-refractivity contribution in [3.05, 3.63) is 42.4 Å². The van der Waals surface area contributed by atoms with Crippen molar-refractivity contribution in [3.8, 4) is 11.3 Å². The fourth-order valence-corrected chi connectivity index (χ4v) is 5.90. The van der Waals surface area contributed by atoms with Gasteiger partial charge in [-0.05, 0) is 63.9 Å². The summed E-state index contributed by atoms with van der Waals surface area (Å²) in [5, 5.41) is 14.3. The van der Waals surface area contributed by atoms with Crippen LogP contribution in [-0.2, 0) is 4.74 Å². The molecule has 6 nitrogen and oxygen atoms in total. The third-order valence-electron chi connectivity index (χ3n) is 7.30. The molecule has 5 rings (SSSR count). The van der Waals surface area contributed by atoms with Gasteiger partial charge in [0, 0.05) is 17.5 Å². The van der Waals surface area contributed by atoms with Crippen molar-refractivity contribution < 1.29 is 14.6 Å². The Morgan fingerprint density at radius 3 is 2.70 bits per heavy atom. The Hall–Kier alpha value is -2.34. The first-order valence-corrected chi connectivity index (χ1v) is 11.1. The highest BCUT2D eigenvalue weighted by Crippen LogP contribution is 2.60. The number of hydrogen-bond acceptors (Lipinski definition) is 4. The zero-order valence-electron chi connectivity index (χ0n) is 18.0. The van der Waals surface area contributed by atoms with Gasteiger partial charge in [-0.3, -0.25) is 0 Å². The molecule has 1 aromatic heterocycles. The third kappa shape index (κ3) is 3.13. The van der Waals surface area contributed by atoms with Gasteiger partial charge in [0.25, 0.3) is 0 Å². The summed E-state index contributed by atoms with van der Waals surface area (Å²) >= 11 is 0. The van der Waals surface area contributed by atoms with E-state index in [-0.39, 0.29) is 35.6 Å². The van der Waals surface area contributed by atoms with E-state index in [1.165, 1.54) is 11.1 Å². The molecule has 0 unspecified atom stereocenters. The maximum atomic E-state index is 12.1. The van der Waals surface area contributed by atoms with Gasteiger partial charge in [-0.15, -0.1) is 0 Å². The lowest BCUT2D eigenvalue weighted by atomic mass is 9.51. The minimum Gasteiger partial charge on any atom is -0.444 e. The van der Waals surface area contributed by atoms with Gasteiger partial charge < -0.3 is 19.7 Å². The predicted molar refractivity (Wildman–Crippen MR) is 114 cm³/mol. The first-order chi connectivity index (χ1) is 14.3. The number of hydrogen-bond donors (Lipinski definition) is 2. The Labute approximate surface area is 177 Å². The van der Waals surface area contributed by atoms with Crippen LogP contribution in [0.1, 0.15) is 64.5 Å². The predicted octanol–water partition coefficient (Wildman–Crippen LogP) is 4.29. The highest BCUT2D eigenvalue weighted by molar-refractivity contribution is 5.69. The van der Waals surface area contributed by atoms with Crippen molar-refractivity contribution in [1.82, 2.24) is 14.9 Å². The molecule has 1 aliphatic heterocycles. The molecular weight excluding hydrogens is 378 g/mol. The number of nitrogens with one attached hydrogen (secondary N) is 1. The van der Waals surface area contributed by atoms with Crippen molar-refractivity contribution in [2.75, 3.05) is 0 Å². The molecule has 3 aliphatic rings. The van der Waals surface area contributed by atoms with Crippen LogP contribution in [0, 0.1) is 11.3 Å². The van der Waals surface area contributed by atoms with Gasteiger partial charge in [0.2, 0.25) is 0 Å². The fourth-order valence-electron chi connectivity index (χ4n) is 5.90. The molecule has 1 spiro atoms. The molecule has 3 atom stereocenters. The number of benzene rings is 1. The van der Waals surface area contributed by atoms with Crippen LogP contribution in [0.2, 0.25) is 0 Å². The molecule has 2 saturated carbocycles. The van der Waals surface area contributed by atoms with Crippen molar-refractivity contribution in [1.29, 1.82) is 0 Å². The molecule has 1 amide bonds. The van der Waals surface area contributed by atoms with Crippen LogP contribution in [0.15, 0.2) is 36.8 Å². The second kappa shape index (κ2) is 6.84. The van der Waals surface area contributed by atoms with Gasteiger partial charge in [0.15, 0.2) is 0 Å². The topological polar surface area (TPSA) is 76.4 Å². The fraction of sp³-hybridized carbons (Fsp3) is 0.583. The molecule has 30 heavy (non-hydrogen) atoms. The molecule has 0 bridgehead atoms. The van der Waals surface area contributed by atoms with Crippen molar-refractivity contribution in [3.63, 3.8) is 0 Å². The summed E-state index contributed by atoms with van der Waals surface area (Å²) in [6, 6.07) is 8.78. The summed E-state index contributed by atoms with van der Waals surface area (Å²) in [7, 11) is 0. The smallest absolute Gasteiger partial charge is 0.407 e. The normalized spacial score (nSPS) is 32.3. The maximum Gasteiger partial charge on any atom is 0.407 e. The Bertz CT molecular complexity index is 953. The Morgan fingerprint density at radius 2 is 2.00 bits per heavy atom. The van der Waals surface area contributed by atoms with Gasteiger partial charge in [-0.25, -0.2) is 9.78 Å². The number of alkyl carbamates (subject to hydrolysis) is 1. The summed E-state index contributed by atoms with van der Waals surface area (Å²) in [5.74, 6) is 0.206. The van der Waals surface area contributed by atoms with Crippen molar-refractivity contribution in [2.45, 2.75) is 76.7 Å². The zero-order chi connectivity index (χ0) is 21.1. The quantitative estimate of drug-likeness (QED) is 0.776. The van der Waals surface area contributed by atoms with E-state index in [0.717, 1.165) is 37.8 Å². The largest absolute Gasteiger partial charge is 0.444 e. The van der Waals surface area contributed by atoms with E-state index in [4.69, 9.17) is 4.74 Å². The molecule has 2 aromatic rings. The Balaban J connectivity index is 1.24. The number of carbonyl (C=O) groups excluding carboxylic acids is 1. The molecule has 0 radical (unpaired) electrons. The zero-order valence-corrected chi connectivity index (χ0v) is 18.0. The molecule has 2 heterocycles. The van der Waals surface area contributed by atoms with E-state index in [0.29, 0.717) is 0 Å². The first kappa shape index (κ1) is 19.6. The lowest BCUT2D eigenvalue weighted by Crippen LogP contribution is -2.58. The monoisotopic (exact) mass is 409 g/mol. The number of aromatic nitrogens is 2. The average Bonchev–Trinajstić information content (AvgIpc) is 3.27. The number of imidazole rings is 1. The maximum absolute atomic E-state index is 12.1. The molecule has 1 aromatic carbocycles. The number of fused-ring (bicyclic) bond motifs is 3. The summed E-state index contributed by atoms with van der Waals surface area (Å²) in [6.07, 6.45) is 7.83. The molecule has 0 saturated heterocycles. The molecular formula is C24H31N3O3. The lowest BCUT2D eigenvalue weighted by Gasteiger charge is -2.57. The summed E-state index contributed by atoms with van der Waals surface area (Å²) < 4.78 is 7.63. The second-order valence-electron chi connectivity index (χ2n) is 10.3. The van der Waals surface area contributed by atoms with Crippen molar-refractivity contribution in [2.24, 2.45) is 11.3 Å². The highest BCUT2D eigenvalue weighted by atomic mass is 16.6. The number of aliphatic hydroxyl groups excluding tert-OH is 1. The third-order valence-corrected chi connectivity index (χ3v) is 7.30. The van der Waals surface area contributed by atoms with Crippen LogP contribution in [0.3, 0.4) is 0 Å². The van der Waals surface area contributed by atoms with Crippen LogP contribution in [0.4, 0.5) is 4.79 Å².